The highest BCUT2D eigenvalue weighted by Gasteiger charge is 2.02. The van der Waals surface area contributed by atoms with Gasteiger partial charge in [-0.3, -0.25) is 0 Å². The molecule has 0 aliphatic carbocycles. The van der Waals surface area contributed by atoms with Gasteiger partial charge >= 0.3 is 5.97 Å². The van der Waals surface area contributed by atoms with Gasteiger partial charge in [0.15, 0.2) is 0 Å². The Kier molecular flexibility index (Phi) is 6.47. The number of benzene rings is 3. The fourth-order valence-electron chi connectivity index (χ4n) is 2.74. The van der Waals surface area contributed by atoms with Gasteiger partial charge in [0.05, 0.1) is 5.56 Å². The Bertz CT molecular complexity index is 947. The summed E-state index contributed by atoms with van der Waals surface area (Å²) in [5, 5.41) is 12.3. The summed E-state index contributed by atoms with van der Waals surface area (Å²) in [5.41, 5.74) is 4.52. The van der Waals surface area contributed by atoms with E-state index in [-0.39, 0.29) is 0 Å². The molecule has 28 heavy (non-hydrogen) atoms. The van der Waals surface area contributed by atoms with E-state index in [2.05, 4.69) is 5.32 Å². The summed E-state index contributed by atoms with van der Waals surface area (Å²) in [5.74, 6) is -0.0944. The summed E-state index contributed by atoms with van der Waals surface area (Å²) < 4.78 is 5.86. The molecular weight excluding hydrogens is 350 g/mol. The minimum Gasteiger partial charge on any atom is -0.489 e. The van der Waals surface area contributed by atoms with Crippen LogP contribution in [-0.4, -0.2) is 17.6 Å². The van der Waals surface area contributed by atoms with Crippen molar-refractivity contribution in [1.29, 1.82) is 0 Å². The van der Waals surface area contributed by atoms with Gasteiger partial charge in [-0.2, -0.15) is 0 Å². The maximum Gasteiger partial charge on any atom is 0.335 e. The maximum atomic E-state index is 10.9. The molecule has 0 fully saturated rings. The van der Waals surface area contributed by atoms with Gasteiger partial charge in [0.25, 0.3) is 0 Å². The van der Waals surface area contributed by atoms with Crippen molar-refractivity contribution in [3.8, 4) is 5.75 Å². The average molecular weight is 373 g/mol. The smallest absolute Gasteiger partial charge is 0.335 e. The number of anilines is 1. The quantitative estimate of drug-likeness (QED) is 0.549. The summed E-state index contributed by atoms with van der Waals surface area (Å²) in [6, 6.07) is 24.8. The minimum atomic E-state index is -0.914. The van der Waals surface area contributed by atoms with Crippen LogP contribution in [0.4, 0.5) is 5.69 Å². The van der Waals surface area contributed by atoms with E-state index in [1.807, 2.05) is 79.7 Å². The maximum absolute atomic E-state index is 10.9. The number of hydrogen-bond acceptors (Lipinski definition) is 3. The summed E-state index contributed by atoms with van der Waals surface area (Å²) in [6.07, 6.45) is 2.04. The lowest BCUT2D eigenvalue weighted by molar-refractivity contribution is 0.0697. The van der Waals surface area contributed by atoms with Crippen molar-refractivity contribution in [3.63, 3.8) is 0 Å². The molecule has 0 aliphatic heterocycles. The van der Waals surface area contributed by atoms with Gasteiger partial charge < -0.3 is 15.2 Å². The normalized spacial score (nSPS) is 11.1. The van der Waals surface area contributed by atoms with E-state index in [0.717, 1.165) is 28.1 Å². The standard InChI is InChI=1S/C24H23NO3/c1-18(14-19-10-12-21(13-11-19)24(26)27)16-25-22-8-5-9-23(15-22)28-17-20-6-3-2-4-7-20/h2-15,25H,16-17H2,1H3,(H,26,27). The van der Waals surface area contributed by atoms with Gasteiger partial charge in [-0.1, -0.05) is 60.2 Å². The highest BCUT2D eigenvalue weighted by Crippen LogP contribution is 2.19. The van der Waals surface area contributed by atoms with Crippen LogP contribution < -0.4 is 10.1 Å². The fourth-order valence-corrected chi connectivity index (χ4v) is 2.74. The zero-order valence-electron chi connectivity index (χ0n) is 15.8. The van der Waals surface area contributed by atoms with E-state index in [0.29, 0.717) is 18.7 Å². The Morgan fingerprint density at radius 2 is 1.75 bits per heavy atom. The van der Waals surface area contributed by atoms with Gasteiger partial charge in [-0.25, -0.2) is 4.79 Å². The number of rotatable bonds is 8. The van der Waals surface area contributed by atoms with Gasteiger partial charge in [0.2, 0.25) is 0 Å². The summed E-state index contributed by atoms with van der Waals surface area (Å²) in [7, 11) is 0. The monoisotopic (exact) mass is 373 g/mol. The summed E-state index contributed by atoms with van der Waals surface area (Å²) >= 11 is 0. The van der Waals surface area contributed by atoms with Gasteiger partial charge in [0.1, 0.15) is 12.4 Å². The molecule has 0 amide bonds. The Morgan fingerprint density at radius 1 is 1.00 bits per heavy atom. The van der Waals surface area contributed by atoms with E-state index < -0.39 is 5.97 Å². The molecule has 142 valence electrons. The van der Waals surface area contributed by atoms with Crippen LogP contribution in [0, 0.1) is 0 Å². The van der Waals surface area contributed by atoms with Crippen LogP contribution >= 0.6 is 0 Å². The number of carboxylic acid groups (broad SMARTS) is 1. The van der Waals surface area contributed by atoms with Crippen molar-refractivity contribution in [2.75, 3.05) is 11.9 Å². The van der Waals surface area contributed by atoms with Gasteiger partial charge in [0, 0.05) is 18.3 Å². The third-order valence-corrected chi connectivity index (χ3v) is 4.22. The fraction of sp³-hybridized carbons (Fsp3) is 0.125. The number of hydrogen-bond donors (Lipinski definition) is 2. The molecule has 0 bridgehead atoms. The molecule has 2 N–H and O–H groups in total. The Labute approximate surface area is 165 Å². The van der Waals surface area contributed by atoms with Crippen molar-refractivity contribution < 1.29 is 14.6 Å². The molecule has 0 aliphatic rings. The average Bonchev–Trinajstić information content (AvgIpc) is 2.72. The number of aromatic carboxylic acids is 1. The topological polar surface area (TPSA) is 58.6 Å². The van der Waals surface area contributed by atoms with Crippen molar-refractivity contribution >= 4 is 17.7 Å². The predicted octanol–water partition coefficient (Wildman–Crippen LogP) is 5.48. The van der Waals surface area contributed by atoms with Crippen LogP contribution in [0.3, 0.4) is 0 Å². The minimum absolute atomic E-state index is 0.292. The number of carbonyl (C=O) groups is 1. The highest BCUT2D eigenvalue weighted by molar-refractivity contribution is 5.87. The van der Waals surface area contributed by atoms with E-state index >= 15 is 0 Å². The van der Waals surface area contributed by atoms with Gasteiger partial charge in [-0.05, 0) is 42.3 Å². The first-order valence-electron chi connectivity index (χ1n) is 9.11. The lowest BCUT2D eigenvalue weighted by Gasteiger charge is -2.10. The SMILES string of the molecule is CC(=Cc1ccc(C(=O)O)cc1)CNc1cccc(OCc2ccccc2)c1. The second-order valence-electron chi connectivity index (χ2n) is 6.57. The number of nitrogens with one attached hydrogen (secondary N) is 1. The molecule has 0 saturated carbocycles. The first-order chi connectivity index (χ1) is 13.6. The van der Waals surface area contributed by atoms with Crippen LogP contribution in [0.2, 0.25) is 0 Å². The first kappa shape index (κ1) is 19.2. The molecule has 0 spiro atoms. The Balaban J connectivity index is 1.55. The van der Waals surface area contributed by atoms with Crippen molar-refractivity contribution in [2.45, 2.75) is 13.5 Å². The first-order valence-corrected chi connectivity index (χ1v) is 9.11. The van der Waals surface area contributed by atoms with E-state index in [1.165, 1.54) is 0 Å². The van der Waals surface area contributed by atoms with Crippen molar-refractivity contribution in [1.82, 2.24) is 0 Å². The second-order valence-corrected chi connectivity index (χ2v) is 6.57. The third-order valence-electron chi connectivity index (χ3n) is 4.22. The van der Waals surface area contributed by atoms with E-state index in [4.69, 9.17) is 9.84 Å². The highest BCUT2D eigenvalue weighted by atomic mass is 16.5. The lowest BCUT2D eigenvalue weighted by Crippen LogP contribution is -2.03. The second kappa shape index (κ2) is 9.42. The molecule has 0 atom stereocenters. The predicted molar refractivity (Wildman–Crippen MR) is 113 cm³/mol. The molecule has 3 aromatic rings. The molecule has 3 aromatic carbocycles. The summed E-state index contributed by atoms with van der Waals surface area (Å²) in [6.45, 7) is 3.26. The number of carboxylic acids is 1. The van der Waals surface area contributed by atoms with E-state index in [1.54, 1.807) is 12.1 Å². The lowest BCUT2D eigenvalue weighted by atomic mass is 10.1. The molecule has 0 radical (unpaired) electrons. The zero-order chi connectivity index (χ0) is 19.8. The van der Waals surface area contributed by atoms with Crippen molar-refractivity contribution in [3.05, 3.63) is 101 Å². The van der Waals surface area contributed by atoms with Gasteiger partial charge in [-0.15, -0.1) is 0 Å². The van der Waals surface area contributed by atoms with Crippen molar-refractivity contribution in [2.24, 2.45) is 0 Å². The third kappa shape index (κ3) is 5.74. The molecule has 0 unspecified atom stereocenters. The molecule has 0 saturated heterocycles. The largest absolute Gasteiger partial charge is 0.489 e. The molecule has 3 rings (SSSR count). The molecule has 0 heterocycles. The molecular formula is C24H23NO3. The summed E-state index contributed by atoms with van der Waals surface area (Å²) in [4.78, 5) is 10.9. The van der Waals surface area contributed by atoms with Crippen LogP contribution in [-0.2, 0) is 6.61 Å². The molecule has 4 heteroatoms. The van der Waals surface area contributed by atoms with Crippen LogP contribution in [0.5, 0.6) is 5.75 Å². The Morgan fingerprint density at radius 3 is 2.46 bits per heavy atom. The zero-order valence-corrected chi connectivity index (χ0v) is 15.8. The number of ether oxygens (including phenoxy) is 1. The Hall–Kier alpha value is -3.53. The van der Waals surface area contributed by atoms with E-state index in [9.17, 15) is 4.79 Å². The molecule has 4 nitrogen and oxygen atoms in total. The van der Waals surface area contributed by atoms with Crippen LogP contribution in [0.15, 0.2) is 84.4 Å². The van der Waals surface area contributed by atoms with Crippen LogP contribution in [0.1, 0.15) is 28.4 Å². The molecule has 0 aromatic heterocycles. The van der Waals surface area contributed by atoms with Crippen LogP contribution in [0.25, 0.3) is 6.08 Å².